The zero-order valence-electron chi connectivity index (χ0n) is 9.14. The van der Waals surface area contributed by atoms with E-state index < -0.39 is 0 Å². The molecule has 0 unspecified atom stereocenters. The summed E-state index contributed by atoms with van der Waals surface area (Å²) in [6.45, 7) is 2.13. The number of hydrogen-bond donors (Lipinski definition) is 0. The Kier molecular flexibility index (Phi) is 2.78. The Hall–Kier alpha value is -1.46. The fraction of sp³-hybridized carbons (Fsp3) is 0.364. The first-order valence-electron chi connectivity index (χ1n) is 5.47. The highest BCUT2D eigenvalue weighted by Gasteiger charge is 2.16. The van der Waals surface area contributed by atoms with Crippen molar-refractivity contribution in [1.29, 1.82) is 0 Å². The fourth-order valence-electron chi connectivity index (χ4n) is 1.90. The summed E-state index contributed by atoms with van der Waals surface area (Å²) in [5, 5.41) is 8.82. The predicted molar refractivity (Wildman–Crippen MR) is 62.8 cm³/mol. The molecular formula is C11H11ClN4O. The average Bonchev–Trinajstić information content (AvgIpc) is 2.59. The van der Waals surface area contributed by atoms with Crippen molar-refractivity contribution in [3.05, 3.63) is 29.2 Å². The van der Waals surface area contributed by atoms with Crippen LogP contribution in [0, 0.1) is 0 Å². The Morgan fingerprint density at radius 3 is 3.06 bits per heavy atom. The van der Waals surface area contributed by atoms with Crippen molar-refractivity contribution in [2.24, 2.45) is 0 Å². The molecule has 0 fully saturated rings. The van der Waals surface area contributed by atoms with Crippen molar-refractivity contribution >= 4 is 11.6 Å². The van der Waals surface area contributed by atoms with Crippen molar-refractivity contribution in [3.8, 4) is 11.5 Å². The molecule has 3 heterocycles. The Morgan fingerprint density at radius 1 is 1.24 bits per heavy atom. The van der Waals surface area contributed by atoms with E-state index in [0.29, 0.717) is 18.4 Å². The van der Waals surface area contributed by atoms with Crippen LogP contribution in [0.15, 0.2) is 18.2 Å². The summed E-state index contributed by atoms with van der Waals surface area (Å²) in [5.41, 5.74) is 0.748. The molecule has 3 rings (SSSR count). The van der Waals surface area contributed by atoms with Crippen molar-refractivity contribution in [2.45, 2.75) is 13.0 Å². The highest BCUT2D eigenvalue weighted by Crippen LogP contribution is 2.19. The Bertz CT molecular complexity index is 540. The van der Waals surface area contributed by atoms with E-state index in [9.17, 15) is 0 Å². The van der Waals surface area contributed by atoms with Gasteiger partial charge in [-0.1, -0.05) is 17.7 Å². The van der Waals surface area contributed by atoms with Gasteiger partial charge in [-0.15, -0.1) is 10.2 Å². The molecule has 0 amide bonds. The van der Waals surface area contributed by atoms with E-state index in [1.54, 1.807) is 6.07 Å². The lowest BCUT2D eigenvalue weighted by atomic mass is 10.3. The van der Waals surface area contributed by atoms with Crippen LogP contribution in [0.2, 0.25) is 5.15 Å². The van der Waals surface area contributed by atoms with Gasteiger partial charge in [0.25, 0.3) is 0 Å². The highest BCUT2D eigenvalue weighted by molar-refractivity contribution is 6.29. The summed E-state index contributed by atoms with van der Waals surface area (Å²) >= 11 is 5.88. The highest BCUT2D eigenvalue weighted by atomic mass is 35.5. The molecular weight excluding hydrogens is 240 g/mol. The molecule has 0 N–H and O–H groups in total. The van der Waals surface area contributed by atoms with Gasteiger partial charge in [0.1, 0.15) is 16.7 Å². The summed E-state index contributed by atoms with van der Waals surface area (Å²) in [7, 11) is 0. The van der Waals surface area contributed by atoms with Crippen molar-refractivity contribution in [2.75, 3.05) is 13.2 Å². The minimum absolute atomic E-state index is 0.463. The second-order valence-corrected chi connectivity index (χ2v) is 4.19. The first-order valence-corrected chi connectivity index (χ1v) is 5.85. The number of nitrogens with zero attached hydrogens (tertiary/aromatic N) is 4. The number of hydrogen-bond acceptors (Lipinski definition) is 4. The third-order valence-corrected chi connectivity index (χ3v) is 2.91. The summed E-state index contributed by atoms with van der Waals surface area (Å²) in [6, 6.07) is 5.49. The van der Waals surface area contributed by atoms with Gasteiger partial charge < -0.3 is 9.30 Å². The van der Waals surface area contributed by atoms with Crippen LogP contribution in [-0.4, -0.2) is 33.0 Å². The quantitative estimate of drug-likeness (QED) is 0.721. The smallest absolute Gasteiger partial charge is 0.182 e. The molecule has 1 aliphatic rings. The zero-order valence-corrected chi connectivity index (χ0v) is 9.89. The Morgan fingerprint density at radius 2 is 2.18 bits per heavy atom. The van der Waals surface area contributed by atoms with E-state index in [0.717, 1.165) is 30.3 Å². The van der Waals surface area contributed by atoms with Gasteiger partial charge in [-0.05, 0) is 12.1 Å². The van der Waals surface area contributed by atoms with Crippen molar-refractivity contribution in [1.82, 2.24) is 19.7 Å². The molecule has 6 heteroatoms. The second kappa shape index (κ2) is 4.43. The maximum atomic E-state index is 5.88. The van der Waals surface area contributed by atoms with Crippen molar-refractivity contribution in [3.63, 3.8) is 0 Å². The molecule has 2 aromatic rings. The van der Waals surface area contributed by atoms with E-state index in [-0.39, 0.29) is 0 Å². The lowest BCUT2D eigenvalue weighted by Crippen LogP contribution is -2.06. The number of fused-ring (bicyclic) bond motifs is 1. The van der Waals surface area contributed by atoms with Crippen LogP contribution in [0.3, 0.4) is 0 Å². The molecule has 0 atom stereocenters. The number of aromatic nitrogens is 4. The van der Waals surface area contributed by atoms with E-state index in [1.165, 1.54) is 0 Å². The summed E-state index contributed by atoms with van der Waals surface area (Å²) in [5.74, 6) is 1.70. The summed E-state index contributed by atoms with van der Waals surface area (Å²) in [4.78, 5) is 4.26. The van der Waals surface area contributed by atoms with Crippen LogP contribution >= 0.6 is 11.6 Å². The van der Waals surface area contributed by atoms with E-state index in [4.69, 9.17) is 16.3 Å². The fourth-order valence-corrected chi connectivity index (χ4v) is 2.06. The minimum atomic E-state index is 0.463. The van der Waals surface area contributed by atoms with Crippen LogP contribution < -0.4 is 0 Å². The number of ether oxygens (including phenoxy) is 1. The lowest BCUT2D eigenvalue weighted by molar-refractivity contribution is 0.140. The van der Waals surface area contributed by atoms with Gasteiger partial charge in [-0.2, -0.15) is 0 Å². The summed E-state index contributed by atoms with van der Waals surface area (Å²) < 4.78 is 7.46. The third kappa shape index (κ3) is 2.03. The SMILES string of the molecule is Clc1cccc(-c2nnc3n2CCOCC3)n1. The molecule has 0 saturated carbocycles. The van der Waals surface area contributed by atoms with Crippen LogP contribution in [0.25, 0.3) is 11.5 Å². The predicted octanol–water partition coefficient (Wildman–Crippen LogP) is 1.57. The first kappa shape index (κ1) is 10.7. The average molecular weight is 251 g/mol. The monoisotopic (exact) mass is 250 g/mol. The Labute approximate surface area is 103 Å². The van der Waals surface area contributed by atoms with Gasteiger partial charge in [-0.25, -0.2) is 4.98 Å². The van der Waals surface area contributed by atoms with Gasteiger partial charge in [0, 0.05) is 13.0 Å². The lowest BCUT2D eigenvalue weighted by Gasteiger charge is -2.05. The van der Waals surface area contributed by atoms with Crippen LogP contribution in [0.4, 0.5) is 0 Å². The van der Waals surface area contributed by atoms with Crippen LogP contribution in [-0.2, 0) is 17.7 Å². The number of halogens is 1. The normalized spacial score (nSPS) is 15.4. The minimum Gasteiger partial charge on any atom is -0.379 e. The number of rotatable bonds is 1. The molecule has 0 aromatic carbocycles. The second-order valence-electron chi connectivity index (χ2n) is 3.80. The largest absolute Gasteiger partial charge is 0.379 e. The maximum Gasteiger partial charge on any atom is 0.182 e. The molecule has 17 heavy (non-hydrogen) atoms. The van der Waals surface area contributed by atoms with E-state index in [1.807, 2.05) is 16.7 Å². The molecule has 0 spiro atoms. The Balaban J connectivity index is 2.06. The first-order chi connectivity index (χ1) is 8.34. The number of pyridine rings is 1. The molecule has 1 aliphatic heterocycles. The van der Waals surface area contributed by atoms with Gasteiger partial charge in [0.05, 0.1) is 13.2 Å². The van der Waals surface area contributed by atoms with Gasteiger partial charge in [-0.3, -0.25) is 0 Å². The van der Waals surface area contributed by atoms with E-state index in [2.05, 4.69) is 15.2 Å². The van der Waals surface area contributed by atoms with Crippen molar-refractivity contribution < 1.29 is 4.74 Å². The van der Waals surface area contributed by atoms with Gasteiger partial charge in [0.2, 0.25) is 0 Å². The van der Waals surface area contributed by atoms with Gasteiger partial charge >= 0.3 is 0 Å². The standard InChI is InChI=1S/C11H11ClN4O/c12-9-3-1-2-8(13-9)11-15-14-10-4-6-17-7-5-16(10)11/h1-3H,4-7H2. The molecule has 2 aromatic heterocycles. The molecule has 0 bridgehead atoms. The third-order valence-electron chi connectivity index (χ3n) is 2.70. The zero-order chi connectivity index (χ0) is 11.7. The van der Waals surface area contributed by atoms with Crippen LogP contribution in [0.5, 0.6) is 0 Å². The molecule has 0 radical (unpaired) electrons. The summed E-state index contributed by atoms with van der Waals surface area (Å²) in [6.07, 6.45) is 0.785. The maximum absolute atomic E-state index is 5.88. The van der Waals surface area contributed by atoms with E-state index >= 15 is 0 Å². The topological polar surface area (TPSA) is 52.8 Å². The molecule has 5 nitrogen and oxygen atoms in total. The van der Waals surface area contributed by atoms with Crippen LogP contribution in [0.1, 0.15) is 5.82 Å². The molecule has 0 aliphatic carbocycles. The van der Waals surface area contributed by atoms with Gasteiger partial charge in [0.15, 0.2) is 5.82 Å². The molecule has 0 saturated heterocycles. The molecule has 88 valence electrons.